The van der Waals surface area contributed by atoms with Gasteiger partial charge in [0.1, 0.15) is 11.0 Å². The molecule has 228 valence electrons. The largest absolute Gasteiger partial charge is 0.368 e. The first-order chi connectivity index (χ1) is 23.1. The van der Waals surface area contributed by atoms with Crippen molar-refractivity contribution in [3.8, 4) is 11.3 Å². The number of carbonyl (C=O) groups is 1. The standard InChI is InChI=1S/C42H32ClN3O/c43-38-24-14-13-23-37(38)42(35-19-9-3-10-20-35,36-21-11-4-12-22-36)46-29-39(45-30-46)31-25-27-34(28-26-31)41(40(44)47,32-15-5-1-6-16-32)33-17-7-2-8-18-33/h1-30H,(H2,44,47). The van der Waals surface area contributed by atoms with Crippen LogP contribution < -0.4 is 5.73 Å². The topological polar surface area (TPSA) is 60.9 Å². The molecule has 7 aromatic rings. The van der Waals surface area contributed by atoms with Crippen LogP contribution in [0.25, 0.3) is 11.3 Å². The van der Waals surface area contributed by atoms with Crippen LogP contribution >= 0.6 is 11.6 Å². The normalized spacial score (nSPS) is 11.7. The van der Waals surface area contributed by atoms with Crippen molar-refractivity contribution in [2.75, 3.05) is 0 Å². The molecular weight excluding hydrogens is 598 g/mol. The summed E-state index contributed by atoms with van der Waals surface area (Å²) in [6.45, 7) is 0. The lowest BCUT2D eigenvalue weighted by Crippen LogP contribution is -2.43. The van der Waals surface area contributed by atoms with E-state index in [2.05, 4.69) is 41.1 Å². The number of nitrogens with zero attached hydrogens (tertiary/aromatic N) is 2. The Morgan fingerprint density at radius 2 is 0.979 bits per heavy atom. The van der Waals surface area contributed by atoms with E-state index in [9.17, 15) is 4.79 Å². The molecule has 1 amide bonds. The van der Waals surface area contributed by atoms with Crippen LogP contribution in [0, 0.1) is 0 Å². The van der Waals surface area contributed by atoms with Gasteiger partial charge in [0.15, 0.2) is 0 Å². The van der Waals surface area contributed by atoms with Crippen molar-refractivity contribution >= 4 is 17.5 Å². The third-order valence-corrected chi connectivity index (χ3v) is 9.34. The van der Waals surface area contributed by atoms with Gasteiger partial charge in [0.25, 0.3) is 0 Å². The van der Waals surface area contributed by atoms with Crippen LogP contribution in [0.1, 0.15) is 33.4 Å². The summed E-state index contributed by atoms with van der Waals surface area (Å²) in [7, 11) is 0. The summed E-state index contributed by atoms with van der Waals surface area (Å²) >= 11 is 7.00. The highest BCUT2D eigenvalue weighted by Crippen LogP contribution is 2.44. The number of amides is 1. The maximum Gasteiger partial charge on any atom is 0.237 e. The zero-order chi connectivity index (χ0) is 32.3. The first kappa shape index (κ1) is 30.0. The summed E-state index contributed by atoms with van der Waals surface area (Å²) < 4.78 is 2.14. The van der Waals surface area contributed by atoms with Gasteiger partial charge in [-0.1, -0.05) is 175 Å². The van der Waals surface area contributed by atoms with Crippen molar-refractivity contribution < 1.29 is 4.79 Å². The molecule has 0 saturated heterocycles. The molecule has 1 heterocycles. The number of halogens is 1. The Morgan fingerprint density at radius 3 is 1.45 bits per heavy atom. The fraction of sp³-hybridized carbons (Fsp3) is 0.0476. The zero-order valence-corrected chi connectivity index (χ0v) is 26.3. The van der Waals surface area contributed by atoms with Crippen molar-refractivity contribution in [1.82, 2.24) is 9.55 Å². The molecule has 0 radical (unpaired) electrons. The highest BCUT2D eigenvalue weighted by atomic mass is 35.5. The minimum absolute atomic E-state index is 0.442. The second-order valence-electron chi connectivity index (χ2n) is 11.5. The van der Waals surface area contributed by atoms with Crippen molar-refractivity contribution in [2.45, 2.75) is 11.0 Å². The van der Waals surface area contributed by atoms with Gasteiger partial charge in [-0.25, -0.2) is 4.98 Å². The Balaban J connectivity index is 1.39. The van der Waals surface area contributed by atoms with Crippen LogP contribution in [0.15, 0.2) is 182 Å². The first-order valence-corrected chi connectivity index (χ1v) is 15.9. The van der Waals surface area contributed by atoms with Gasteiger partial charge in [0.2, 0.25) is 5.91 Å². The molecule has 0 fully saturated rings. The van der Waals surface area contributed by atoms with E-state index in [1.165, 1.54) is 0 Å². The summed E-state index contributed by atoms with van der Waals surface area (Å²) in [5.41, 5.74) is 11.4. The van der Waals surface area contributed by atoms with Gasteiger partial charge in [0, 0.05) is 22.3 Å². The fourth-order valence-corrected chi connectivity index (χ4v) is 7.15. The molecular formula is C42H32ClN3O. The van der Waals surface area contributed by atoms with E-state index in [-0.39, 0.29) is 0 Å². The van der Waals surface area contributed by atoms with Gasteiger partial charge in [-0.05, 0) is 33.9 Å². The SMILES string of the molecule is NC(=O)C(c1ccccc1)(c1ccccc1)c1ccc(-c2cn(C(c3ccccc3)(c3ccccc3)c3ccccc3Cl)cn2)cc1. The van der Waals surface area contributed by atoms with E-state index in [0.29, 0.717) is 5.02 Å². The Kier molecular flexibility index (Phi) is 8.03. The fourth-order valence-electron chi connectivity index (χ4n) is 6.88. The Bertz CT molecular complexity index is 2030. The summed E-state index contributed by atoms with van der Waals surface area (Å²) in [4.78, 5) is 18.4. The summed E-state index contributed by atoms with van der Waals surface area (Å²) in [6, 6.07) is 56.1. The minimum atomic E-state index is -1.17. The molecule has 0 aliphatic rings. The third-order valence-electron chi connectivity index (χ3n) is 9.01. The molecule has 1 aromatic heterocycles. The van der Waals surface area contributed by atoms with E-state index in [1.807, 2.05) is 146 Å². The monoisotopic (exact) mass is 629 g/mol. The van der Waals surface area contributed by atoms with Crippen LogP contribution in [0.3, 0.4) is 0 Å². The summed E-state index contributed by atoms with van der Waals surface area (Å²) in [5.74, 6) is -0.442. The molecule has 0 aliphatic carbocycles. The highest BCUT2D eigenvalue weighted by Gasteiger charge is 2.43. The molecule has 0 atom stereocenters. The lowest BCUT2D eigenvalue weighted by Gasteiger charge is -2.37. The molecule has 0 saturated carbocycles. The number of hydrogen-bond acceptors (Lipinski definition) is 2. The number of rotatable bonds is 9. The average molecular weight is 630 g/mol. The molecule has 0 aliphatic heterocycles. The molecule has 2 N–H and O–H groups in total. The third kappa shape index (κ3) is 5.04. The lowest BCUT2D eigenvalue weighted by atomic mass is 9.69. The maximum absolute atomic E-state index is 13.5. The van der Waals surface area contributed by atoms with E-state index in [0.717, 1.165) is 44.6 Å². The number of hydrogen-bond donors (Lipinski definition) is 1. The molecule has 0 spiro atoms. The molecule has 5 heteroatoms. The highest BCUT2D eigenvalue weighted by molar-refractivity contribution is 6.31. The summed E-state index contributed by atoms with van der Waals surface area (Å²) in [6.07, 6.45) is 3.93. The van der Waals surface area contributed by atoms with Gasteiger partial charge < -0.3 is 10.3 Å². The van der Waals surface area contributed by atoms with E-state index >= 15 is 0 Å². The van der Waals surface area contributed by atoms with Crippen LogP contribution in [0.2, 0.25) is 5.02 Å². The van der Waals surface area contributed by atoms with Gasteiger partial charge >= 0.3 is 0 Å². The van der Waals surface area contributed by atoms with Gasteiger partial charge in [-0.2, -0.15) is 0 Å². The second kappa shape index (κ2) is 12.6. The van der Waals surface area contributed by atoms with E-state index in [4.69, 9.17) is 22.3 Å². The Hall–Kier alpha value is -5.71. The first-order valence-electron chi connectivity index (χ1n) is 15.5. The molecule has 6 aromatic carbocycles. The Labute approximate surface area is 279 Å². The predicted molar refractivity (Wildman–Crippen MR) is 189 cm³/mol. The molecule has 0 bridgehead atoms. The van der Waals surface area contributed by atoms with E-state index in [1.54, 1.807) is 0 Å². The number of aromatic nitrogens is 2. The van der Waals surface area contributed by atoms with Gasteiger partial charge in [-0.3, -0.25) is 4.79 Å². The second-order valence-corrected chi connectivity index (χ2v) is 11.9. The number of imidazole rings is 1. The lowest BCUT2D eigenvalue weighted by molar-refractivity contribution is -0.120. The van der Waals surface area contributed by atoms with Gasteiger partial charge in [-0.15, -0.1) is 0 Å². The zero-order valence-electron chi connectivity index (χ0n) is 25.6. The Morgan fingerprint density at radius 1 is 0.553 bits per heavy atom. The molecule has 7 rings (SSSR count). The molecule has 47 heavy (non-hydrogen) atoms. The van der Waals surface area contributed by atoms with Gasteiger partial charge in [0.05, 0.1) is 12.0 Å². The van der Waals surface area contributed by atoms with Crippen molar-refractivity contribution in [3.05, 3.63) is 221 Å². The van der Waals surface area contributed by atoms with Crippen molar-refractivity contribution in [1.29, 1.82) is 0 Å². The number of benzene rings is 6. The number of primary amides is 1. The number of carbonyl (C=O) groups excluding carboxylic acids is 1. The predicted octanol–water partition coefficient (Wildman–Crippen LogP) is 8.86. The van der Waals surface area contributed by atoms with Crippen LogP contribution in [0.5, 0.6) is 0 Å². The maximum atomic E-state index is 13.5. The van der Waals surface area contributed by atoms with Crippen LogP contribution in [-0.4, -0.2) is 15.5 Å². The van der Waals surface area contributed by atoms with Crippen molar-refractivity contribution in [2.24, 2.45) is 5.73 Å². The average Bonchev–Trinajstić information content (AvgIpc) is 3.62. The number of nitrogens with two attached hydrogens (primary N) is 1. The minimum Gasteiger partial charge on any atom is -0.368 e. The quantitative estimate of drug-likeness (QED) is 0.162. The van der Waals surface area contributed by atoms with Crippen molar-refractivity contribution in [3.63, 3.8) is 0 Å². The molecule has 4 nitrogen and oxygen atoms in total. The molecule has 0 unspecified atom stereocenters. The summed E-state index contributed by atoms with van der Waals surface area (Å²) in [5, 5.41) is 0.657. The smallest absolute Gasteiger partial charge is 0.237 e. The van der Waals surface area contributed by atoms with E-state index < -0.39 is 16.9 Å². The van der Waals surface area contributed by atoms with Crippen LogP contribution in [-0.2, 0) is 15.7 Å². The van der Waals surface area contributed by atoms with Crippen LogP contribution in [0.4, 0.5) is 0 Å².